The average molecular weight is 269 g/mol. The van der Waals surface area contributed by atoms with Crippen molar-refractivity contribution in [3.8, 4) is 0 Å². The molecule has 2 fully saturated rings. The van der Waals surface area contributed by atoms with Gasteiger partial charge >= 0.3 is 0 Å². The van der Waals surface area contributed by atoms with E-state index in [1.807, 2.05) is 4.90 Å². The Morgan fingerprint density at radius 3 is 2.47 bits per heavy atom. The normalized spacial score (nSPS) is 22.1. The maximum absolute atomic E-state index is 12.2. The van der Waals surface area contributed by atoms with Crippen LogP contribution in [-0.4, -0.2) is 48.3 Å². The van der Waals surface area contributed by atoms with Gasteiger partial charge in [-0.25, -0.2) is 0 Å². The molecule has 2 aliphatic rings. The summed E-state index contributed by atoms with van der Waals surface area (Å²) in [6.45, 7) is 2.51. The van der Waals surface area contributed by atoms with Crippen LogP contribution in [0, 0.1) is 5.92 Å². The number of aliphatic hydroxyl groups excluding tert-OH is 1. The molecule has 19 heavy (non-hydrogen) atoms. The summed E-state index contributed by atoms with van der Waals surface area (Å²) in [6, 6.07) is 0. The van der Waals surface area contributed by atoms with E-state index >= 15 is 0 Å². The van der Waals surface area contributed by atoms with Crippen LogP contribution >= 0.6 is 0 Å². The third-order valence-electron chi connectivity index (χ3n) is 4.39. The molecule has 0 aromatic heterocycles. The van der Waals surface area contributed by atoms with E-state index < -0.39 is 0 Å². The Morgan fingerprint density at radius 1 is 1.16 bits per heavy atom. The molecule has 1 saturated heterocycles. The van der Waals surface area contributed by atoms with Gasteiger partial charge in [0.25, 0.3) is 0 Å². The number of hydrogen-bond donors (Lipinski definition) is 1. The first-order chi connectivity index (χ1) is 9.29. The standard InChI is InChI=1S/C15H27NO3/c17-10-3-11-19-14-6-8-16(9-7-14)15(18)12-13-4-1-2-5-13/h13-14,17H,1-12H2. The zero-order chi connectivity index (χ0) is 13.5. The first-order valence-corrected chi connectivity index (χ1v) is 7.80. The molecule has 4 nitrogen and oxygen atoms in total. The number of hydrogen-bond acceptors (Lipinski definition) is 3. The van der Waals surface area contributed by atoms with E-state index in [0.29, 0.717) is 24.9 Å². The summed E-state index contributed by atoms with van der Waals surface area (Å²) in [5.41, 5.74) is 0. The van der Waals surface area contributed by atoms with Crippen LogP contribution in [0.2, 0.25) is 0 Å². The molecule has 0 bridgehead atoms. The summed E-state index contributed by atoms with van der Waals surface area (Å²) in [7, 11) is 0. The minimum absolute atomic E-state index is 0.193. The summed E-state index contributed by atoms with van der Waals surface area (Å²) in [4.78, 5) is 14.2. The monoisotopic (exact) mass is 269 g/mol. The Hall–Kier alpha value is -0.610. The van der Waals surface area contributed by atoms with Gasteiger partial charge < -0.3 is 14.7 Å². The van der Waals surface area contributed by atoms with Crippen molar-refractivity contribution < 1.29 is 14.6 Å². The van der Waals surface area contributed by atoms with Crippen LogP contribution in [0.5, 0.6) is 0 Å². The van der Waals surface area contributed by atoms with Crippen molar-refractivity contribution in [2.45, 2.75) is 57.5 Å². The number of likely N-dealkylation sites (tertiary alicyclic amines) is 1. The van der Waals surface area contributed by atoms with E-state index in [0.717, 1.165) is 32.4 Å². The van der Waals surface area contributed by atoms with Crippen molar-refractivity contribution in [3.63, 3.8) is 0 Å². The molecule has 0 radical (unpaired) electrons. The summed E-state index contributed by atoms with van der Waals surface area (Å²) in [5.74, 6) is 0.992. The number of piperidine rings is 1. The number of carbonyl (C=O) groups excluding carboxylic acids is 1. The number of ether oxygens (including phenoxy) is 1. The predicted octanol–water partition coefficient (Wildman–Crippen LogP) is 1.96. The predicted molar refractivity (Wildman–Crippen MR) is 73.8 cm³/mol. The zero-order valence-electron chi connectivity index (χ0n) is 11.9. The Morgan fingerprint density at radius 2 is 1.84 bits per heavy atom. The molecule has 110 valence electrons. The van der Waals surface area contributed by atoms with Gasteiger partial charge in [-0.2, -0.15) is 0 Å². The van der Waals surface area contributed by atoms with Gasteiger partial charge in [0.05, 0.1) is 6.10 Å². The fourth-order valence-electron chi connectivity index (χ4n) is 3.18. The topological polar surface area (TPSA) is 49.8 Å². The highest BCUT2D eigenvalue weighted by molar-refractivity contribution is 5.76. The molecule has 0 aromatic rings. The van der Waals surface area contributed by atoms with Crippen molar-refractivity contribution in [1.82, 2.24) is 4.90 Å². The van der Waals surface area contributed by atoms with Crippen LogP contribution in [0.1, 0.15) is 51.4 Å². The van der Waals surface area contributed by atoms with Gasteiger partial charge in [0.15, 0.2) is 0 Å². The first-order valence-electron chi connectivity index (χ1n) is 7.80. The zero-order valence-corrected chi connectivity index (χ0v) is 11.9. The third kappa shape index (κ3) is 4.77. The molecule has 0 atom stereocenters. The van der Waals surface area contributed by atoms with Crippen molar-refractivity contribution in [3.05, 3.63) is 0 Å². The lowest BCUT2D eigenvalue weighted by molar-refractivity contribution is -0.134. The molecule has 1 N–H and O–H groups in total. The second-order valence-corrected chi connectivity index (χ2v) is 5.88. The minimum atomic E-state index is 0.193. The van der Waals surface area contributed by atoms with Crippen molar-refractivity contribution in [1.29, 1.82) is 0 Å². The second kappa shape index (κ2) is 7.85. The minimum Gasteiger partial charge on any atom is -0.396 e. The Labute approximate surface area is 116 Å². The van der Waals surface area contributed by atoms with Crippen LogP contribution in [-0.2, 0) is 9.53 Å². The lowest BCUT2D eigenvalue weighted by Crippen LogP contribution is -2.41. The van der Waals surface area contributed by atoms with E-state index in [9.17, 15) is 4.79 Å². The molecule has 1 saturated carbocycles. The van der Waals surface area contributed by atoms with Crippen molar-refractivity contribution in [2.24, 2.45) is 5.92 Å². The van der Waals surface area contributed by atoms with E-state index in [2.05, 4.69) is 0 Å². The molecule has 1 aliphatic carbocycles. The number of aliphatic hydroxyl groups is 1. The summed E-state index contributed by atoms with van der Waals surface area (Å²) in [5, 5.41) is 8.71. The summed E-state index contributed by atoms with van der Waals surface area (Å²) < 4.78 is 5.69. The van der Waals surface area contributed by atoms with Gasteiger partial charge in [-0.1, -0.05) is 12.8 Å². The molecule has 4 heteroatoms. The van der Waals surface area contributed by atoms with Crippen LogP contribution < -0.4 is 0 Å². The molecule has 1 aliphatic heterocycles. The van der Waals surface area contributed by atoms with Crippen molar-refractivity contribution >= 4 is 5.91 Å². The van der Waals surface area contributed by atoms with Gasteiger partial charge in [0.2, 0.25) is 5.91 Å². The highest BCUT2D eigenvalue weighted by atomic mass is 16.5. The summed E-state index contributed by atoms with van der Waals surface area (Å²) in [6.07, 6.45) is 8.73. The van der Waals surface area contributed by atoms with E-state index in [4.69, 9.17) is 9.84 Å². The SMILES string of the molecule is O=C(CC1CCCC1)N1CCC(OCCCO)CC1. The Bertz CT molecular complexity index is 269. The molecule has 1 heterocycles. The highest BCUT2D eigenvalue weighted by Crippen LogP contribution is 2.28. The van der Waals surface area contributed by atoms with Crippen LogP contribution in [0.4, 0.5) is 0 Å². The molecule has 0 aromatic carbocycles. The summed E-state index contributed by atoms with van der Waals surface area (Å²) >= 11 is 0. The smallest absolute Gasteiger partial charge is 0.222 e. The van der Waals surface area contributed by atoms with E-state index in [1.165, 1.54) is 25.7 Å². The van der Waals surface area contributed by atoms with Crippen LogP contribution in [0.15, 0.2) is 0 Å². The van der Waals surface area contributed by atoms with Gasteiger partial charge in [0.1, 0.15) is 0 Å². The maximum Gasteiger partial charge on any atom is 0.222 e. The molecular weight excluding hydrogens is 242 g/mol. The van der Waals surface area contributed by atoms with E-state index in [-0.39, 0.29) is 12.7 Å². The lowest BCUT2D eigenvalue weighted by atomic mass is 10.0. The highest BCUT2D eigenvalue weighted by Gasteiger charge is 2.26. The van der Waals surface area contributed by atoms with Gasteiger partial charge in [-0.3, -0.25) is 4.79 Å². The molecule has 1 amide bonds. The maximum atomic E-state index is 12.2. The van der Waals surface area contributed by atoms with Crippen molar-refractivity contribution in [2.75, 3.05) is 26.3 Å². The molecule has 2 rings (SSSR count). The van der Waals surface area contributed by atoms with Gasteiger partial charge in [0, 0.05) is 32.7 Å². The average Bonchev–Trinajstić information content (AvgIpc) is 2.93. The van der Waals surface area contributed by atoms with Gasteiger partial charge in [-0.15, -0.1) is 0 Å². The quantitative estimate of drug-likeness (QED) is 0.750. The Balaban J connectivity index is 1.63. The second-order valence-electron chi connectivity index (χ2n) is 5.88. The number of carbonyl (C=O) groups is 1. The van der Waals surface area contributed by atoms with E-state index in [1.54, 1.807) is 0 Å². The lowest BCUT2D eigenvalue weighted by Gasteiger charge is -2.32. The fourth-order valence-corrected chi connectivity index (χ4v) is 3.18. The third-order valence-corrected chi connectivity index (χ3v) is 4.39. The van der Waals surface area contributed by atoms with Crippen LogP contribution in [0.3, 0.4) is 0 Å². The van der Waals surface area contributed by atoms with Crippen LogP contribution in [0.25, 0.3) is 0 Å². The van der Waals surface area contributed by atoms with Gasteiger partial charge in [-0.05, 0) is 38.0 Å². The fraction of sp³-hybridized carbons (Fsp3) is 0.933. The molecule has 0 spiro atoms. The molecular formula is C15H27NO3. The number of amides is 1. The Kier molecular flexibility index (Phi) is 6.11. The largest absolute Gasteiger partial charge is 0.396 e. The number of nitrogens with zero attached hydrogens (tertiary/aromatic N) is 1. The first kappa shape index (κ1) is 14.8. The molecule has 0 unspecified atom stereocenters. The number of rotatable bonds is 6.